The number of carbonyl (C=O) groups excluding carboxylic acids is 1. The van der Waals surface area contributed by atoms with E-state index in [1.807, 2.05) is 42.1 Å². The minimum absolute atomic E-state index is 0.0468. The predicted molar refractivity (Wildman–Crippen MR) is 91.8 cm³/mol. The Labute approximate surface area is 140 Å². The molecular weight excluding hydrogens is 307 g/mol. The fourth-order valence-electron chi connectivity index (χ4n) is 2.65. The molecule has 0 saturated heterocycles. The Hall–Kier alpha value is -2.82. The van der Waals surface area contributed by atoms with E-state index in [2.05, 4.69) is 0 Å². The molecule has 1 heterocycles. The van der Waals surface area contributed by atoms with E-state index in [-0.39, 0.29) is 11.7 Å². The second kappa shape index (κ2) is 6.74. The van der Waals surface area contributed by atoms with Gasteiger partial charge in [-0.3, -0.25) is 4.79 Å². The van der Waals surface area contributed by atoms with Crippen LogP contribution >= 0.6 is 0 Å². The molecule has 1 amide bonds. The van der Waals surface area contributed by atoms with Gasteiger partial charge in [-0.25, -0.2) is 4.39 Å². The van der Waals surface area contributed by atoms with Crippen molar-refractivity contribution >= 4 is 16.8 Å². The van der Waals surface area contributed by atoms with Crippen LogP contribution in [0.1, 0.15) is 10.4 Å². The summed E-state index contributed by atoms with van der Waals surface area (Å²) in [4.78, 5) is 14.3. The first-order valence-electron chi connectivity index (χ1n) is 7.74. The van der Waals surface area contributed by atoms with E-state index >= 15 is 0 Å². The molecule has 0 atom stereocenters. The maximum absolute atomic E-state index is 12.8. The standard InChI is InChI=1S/C19H19FN2O2/c1-21(11-12-24-15-9-7-14(20)8-10-15)19(23)17-13-22(2)18-6-4-3-5-16(17)18/h3-10,13H,11-12H2,1-2H3. The molecule has 0 aliphatic heterocycles. The number of fused-ring (bicyclic) bond motifs is 1. The van der Waals surface area contributed by atoms with Gasteiger partial charge in [-0.15, -0.1) is 0 Å². The number of benzene rings is 2. The van der Waals surface area contributed by atoms with Gasteiger partial charge < -0.3 is 14.2 Å². The number of likely N-dealkylation sites (N-methyl/N-ethyl adjacent to an activating group) is 1. The smallest absolute Gasteiger partial charge is 0.255 e. The molecule has 0 radical (unpaired) electrons. The van der Waals surface area contributed by atoms with Gasteiger partial charge in [-0.2, -0.15) is 0 Å². The molecule has 0 fully saturated rings. The van der Waals surface area contributed by atoms with Crippen LogP contribution in [-0.2, 0) is 7.05 Å². The third kappa shape index (κ3) is 3.25. The number of aryl methyl sites for hydroxylation is 1. The van der Waals surface area contributed by atoms with Crippen LogP contribution in [0.25, 0.3) is 10.9 Å². The molecule has 1 aromatic heterocycles. The topological polar surface area (TPSA) is 34.5 Å². The van der Waals surface area contributed by atoms with Crippen LogP contribution in [-0.4, -0.2) is 35.6 Å². The van der Waals surface area contributed by atoms with E-state index in [1.165, 1.54) is 12.1 Å². The fourth-order valence-corrected chi connectivity index (χ4v) is 2.65. The summed E-state index contributed by atoms with van der Waals surface area (Å²) in [6, 6.07) is 13.7. The van der Waals surface area contributed by atoms with Crippen LogP contribution in [0.5, 0.6) is 5.75 Å². The summed E-state index contributed by atoms with van der Waals surface area (Å²) in [5.41, 5.74) is 1.70. The van der Waals surface area contributed by atoms with Crippen LogP contribution in [0.3, 0.4) is 0 Å². The number of amides is 1. The Morgan fingerprint density at radius 1 is 1.17 bits per heavy atom. The van der Waals surface area contributed by atoms with Crippen molar-refractivity contribution in [2.24, 2.45) is 7.05 Å². The quantitative estimate of drug-likeness (QED) is 0.719. The van der Waals surface area contributed by atoms with Crippen LogP contribution in [0, 0.1) is 5.82 Å². The van der Waals surface area contributed by atoms with E-state index in [0.29, 0.717) is 24.5 Å². The Kier molecular flexibility index (Phi) is 4.51. The average molecular weight is 326 g/mol. The molecule has 0 N–H and O–H groups in total. The largest absolute Gasteiger partial charge is 0.492 e. The number of nitrogens with zero attached hydrogens (tertiary/aromatic N) is 2. The predicted octanol–water partition coefficient (Wildman–Crippen LogP) is 3.47. The van der Waals surface area contributed by atoms with E-state index in [0.717, 1.165) is 10.9 Å². The number of rotatable bonds is 5. The van der Waals surface area contributed by atoms with Gasteiger partial charge in [0.1, 0.15) is 18.2 Å². The first-order valence-corrected chi connectivity index (χ1v) is 7.74. The molecular formula is C19H19FN2O2. The summed E-state index contributed by atoms with van der Waals surface area (Å²) < 4.78 is 20.3. The van der Waals surface area contributed by atoms with Crippen molar-refractivity contribution in [3.05, 3.63) is 66.1 Å². The van der Waals surface area contributed by atoms with Gasteiger partial charge in [-0.1, -0.05) is 18.2 Å². The number of hydrogen-bond donors (Lipinski definition) is 0. The normalized spacial score (nSPS) is 10.8. The third-order valence-electron chi connectivity index (χ3n) is 3.98. The first kappa shape index (κ1) is 16.1. The van der Waals surface area contributed by atoms with Gasteiger partial charge in [0.15, 0.2) is 0 Å². The van der Waals surface area contributed by atoms with Gasteiger partial charge in [0, 0.05) is 31.2 Å². The highest BCUT2D eigenvalue weighted by Crippen LogP contribution is 2.21. The van der Waals surface area contributed by atoms with Gasteiger partial charge in [0.2, 0.25) is 0 Å². The van der Waals surface area contributed by atoms with Crippen molar-refractivity contribution in [2.45, 2.75) is 0 Å². The van der Waals surface area contributed by atoms with Crippen molar-refractivity contribution in [1.29, 1.82) is 0 Å². The summed E-state index contributed by atoms with van der Waals surface area (Å²) in [7, 11) is 3.68. The highest BCUT2D eigenvalue weighted by Gasteiger charge is 2.17. The Morgan fingerprint density at radius 2 is 1.88 bits per heavy atom. The van der Waals surface area contributed by atoms with Gasteiger partial charge in [0.25, 0.3) is 5.91 Å². The fraction of sp³-hybridized carbons (Fsp3) is 0.211. The van der Waals surface area contributed by atoms with E-state index in [1.54, 1.807) is 24.1 Å². The lowest BCUT2D eigenvalue weighted by Gasteiger charge is -2.17. The van der Waals surface area contributed by atoms with E-state index < -0.39 is 0 Å². The summed E-state index contributed by atoms with van der Waals surface area (Å²) >= 11 is 0. The SMILES string of the molecule is CN(CCOc1ccc(F)cc1)C(=O)c1cn(C)c2ccccc12. The second-order valence-corrected chi connectivity index (χ2v) is 5.70. The zero-order valence-electron chi connectivity index (χ0n) is 13.7. The van der Waals surface area contributed by atoms with E-state index in [9.17, 15) is 9.18 Å². The summed E-state index contributed by atoms with van der Waals surface area (Å²) in [6.45, 7) is 0.790. The molecule has 0 spiro atoms. The Balaban J connectivity index is 1.65. The molecule has 2 aromatic carbocycles. The molecule has 0 aliphatic rings. The molecule has 3 rings (SSSR count). The van der Waals surface area contributed by atoms with Crippen molar-refractivity contribution in [1.82, 2.24) is 9.47 Å². The lowest BCUT2D eigenvalue weighted by Crippen LogP contribution is -2.30. The summed E-state index contributed by atoms with van der Waals surface area (Å²) in [5.74, 6) is 0.238. The van der Waals surface area contributed by atoms with Crippen molar-refractivity contribution < 1.29 is 13.9 Å². The number of carbonyl (C=O) groups is 1. The maximum Gasteiger partial charge on any atom is 0.255 e. The van der Waals surface area contributed by atoms with Crippen molar-refractivity contribution in [2.75, 3.05) is 20.2 Å². The zero-order valence-corrected chi connectivity index (χ0v) is 13.7. The lowest BCUT2D eigenvalue weighted by molar-refractivity contribution is 0.0775. The average Bonchev–Trinajstić information content (AvgIpc) is 2.93. The van der Waals surface area contributed by atoms with Crippen molar-refractivity contribution in [3.63, 3.8) is 0 Å². The number of ether oxygens (including phenoxy) is 1. The van der Waals surface area contributed by atoms with Gasteiger partial charge in [0.05, 0.1) is 12.1 Å². The number of aromatic nitrogens is 1. The zero-order chi connectivity index (χ0) is 17.1. The number of halogens is 1. The van der Waals surface area contributed by atoms with Crippen molar-refractivity contribution in [3.8, 4) is 5.75 Å². The minimum Gasteiger partial charge on any atom is -0.492 e. The first-order chi connectivity index (χ1) is 11.6. The monoisotopic (exact) mass is 326 g/mol. The van der Waals surface area contributed by atoms with Crippen LogP contribution in [0.15, 0.2) is 54.7 Å². The molecule has 0 unspecified atom stereocenters. The molecule has 0 aliphatic carbocycles. The van der Waals surface area contributed by atoms with Crippen LogP contribution < -0.4 is 4.74 Å². The summed E-state index contributed by atoms with van der Waals surface area (Å²) in [6.07, 6.45) is 1.85. The molecule has 5 heteroatoms. The maximum atomic E-state index is 12.8. The lowest BCUT2D eigenvalue weighted by atomic mass is 10.1. The summed E-state index contributed by atoms with van der Waals surface area (Å²) in [5, 5.41) is 0.941. The Bertz CT molecular complexity index is 855. The Morgan fingerprint density at radius 3 is 2.62 bits per heavy atom. The van der Waals surface area contributed by atoms with Gasteiger partial charge in [-0.05, 0) is 30.3 Å². The molecule has 4 nitrogen and oxygen atoms in total. The minimum atomic E-state index is -0.300. The second-order valence-electron chi connectivity index (χ2n) is 5.70. The highest BCUT2D eigenvalue weighted by molar-refractivity contribution is 6.06. The molecule has 124 valence electrons. The third-order valence-corrected chi connectivity index (χ3v) is 3.98. The van der Waals surface area contributed by atoms with Crippen LogP contribution in [0.2, 0.25) is 0 Å². The molecule has 0 bridgehead atoms. The molecule has 24 heavy (non-hydrogen) atoms. The number of para-hydroxylation sites is 1. The molecule has 0 saturated carbocycles. The molecule has 3 aromatic rings. The van der Waals surface area contributed by atoms with Crippen LogP contribution in [0.4, 0.5) is 4.39 Å². The van der Waals surface area contributed by atoms with Gasteiger partial charge >= 0.3 is 0 Å². The highest BCUT2D eigenvalue weighted by atomic mass is 19.1. The number of hydrogen-bond acceptors (Lipinski definition) is 2. The van der Waals surface area contributed by atoms with E-state index in [4.69, 9.17) is 4.74 Å².